The van der Waals surface area contributed by atoms with Gasteiger partial charge in [0.1, 0.15) is 18.1 Å². The van der Waals surface area contributed by atoms with Crippen LogP contribution in [-0.4, -0.2) is 49.0 Å². The number of aromatic nitrogens is 1. The van der Waals surface area contributed by atoms with E-state index in [-0.39, 0.29) is 18.3 Å². The summed E-state index contributed by atoms with van der Waals surface area (Å²) in [6.45, 7) is 4.09. The average Bonchev–Trinajstić information content (AvgIpc) is 3.27. The van der Waals surface area contributed by atoms with Crippen LogP contribution in [0.3, 0.4) is 0 Å². The molecular formula is C28H30N2O8S. The summed E-state index contributed by atoms with van der Waals surface area (Å²) in [7, 11) is -3.61. The molecule has 2 aromatic carbocycles. The number of carbonyl (C=O) groups excluding carboxylic acids is 1. The van der Waals surface area contributed by atoms with Crippen molar-refractivity contribution in [1.29, 1.82) is 0 Å². The fraction of sp³-hybridized carbons (Fsp3) is 0.357. The highest BCUT2D eigenvalue weighted by molar-refractivity contribution is 7.90. The van der Waals surface area contributed by atoms with E-state index in [0.717, 1.165) is 11.1 Å². The van der Waals surface area contributed by atoms with Gasteiger partial charge in [-0.1, -0.05) is 24.3 Å². The van der Waals surface area contributed by atoms with Gasteiger partial charge in [-0.2, -0.15) is 0 Å². The number of carbonyl (C=O) groups is 1. The number of sulfonamides is 1. The molecule has 1 amide bonds. The Bertz CT molecular complexity index is 1430. The van der Waals surface area contributed by atoms with E-state index < -0.39 is 27.4 Å². The van der Waals surface area contributed by atoms with Crippen molar-refractivity contribution in [3.8, 4) is 28.9 Å². The number of nitrogens with one attached hydrogen (secondary N) is 1. The van der Waals surface area contributed by atoms with Crippen LogP contribution < -0.4 is 23.7 Å². The van der Waals surface area contributed by atoms with Gasteiger partial charge in [-0.15, -0.1) is 0 Å². The fourth-order valence-electron chi connectivity index (χ4n) is 4.41. The predicted molar refractivity (Wildman–Crippen MR) is 142 cm³/mol. The Morgan fingerprint density at radius 3 is 2.56 bits per heavy atom. The molecule has 10 nitrogen and oxygen atoms in total. The van der Waals surface area contributed by atoms with Gasteiger partial charge in [0.15, 0.2) is 17.6 Å². The van der Waals surface area contributed by atoms with Crippen LogP contribution in [-0.2, 0) is 14.8 Å². The van der Waals surface area contributed by atoms with Gasteiger partial charge in [-0.05, 0) is 43.7 Å². The molecule has 0 aliphatic carbocycles. The van der Waals surface area contributed by atoms with Gasteiger partial charge < -0.3 is 24.1 Å². The van der Waals surface area contributed by atoms with Crippen molar-refractivity contribution in [3.05, 3.63) is 71.9 Å². The second-order valence-electron chi connectivity index (χ2n) is 10.2. The number of benzene rings is 2. The molecule has 0 radical (unpaired) electrons. The van der Waals surface area contributed by atoms with Crippen LogP contribution in [0.5, 0.6) is 28.9 Å². The van der Waals surface area contributed by atoms with Crippen LogP contribution in [0.2, 0.25) is 0 Å². The number of para-hydroxylation sites is 1. The van der Waals surface area contributed by atoms with Gasteiger partial charge >= 0.3 is 0 Å². The summed E-state index contributed by atoms with van der Waals surface area (Å²) in [5.74, 6) is 1.65. The molecule has 0 saturated carbocycles. The second kappa shape index (κ2) is 10.7. The number of aliphatic hydroxyl groups is 1. The average molecular weight is 555 g/mol. The first-order chi connectivity index (χ1) is 18.5. The predicted octanol–water partition coefficient (Wildman–Crippen LogP) is 3.86. The van der Waals surface area contributed by atoms with E-state index in [1.807, 2.05) is 16.9 Å². The zero-order chi connectivity index (χ0) is 27.6. The molecule has 1 aromatic heterocycles. The third-order valence-electron chi connectivity index (χ3n) is 6.39. The Balaban J connectivity index is 1.22. The minimum atomic E-state index is -3.61. The van der Waals surface area contributed by atoms with Gasteiger partial charge in [0.25, 0.3) is 0 Å². The van der Waals surface area contributed by atoms with E-state index in [1.54, 1.807) is 62.5 Å². The summed E-state index contributed by atoms with van der Waals surface area (Å²) in [4.78, 5) is 16.0. The first-order valence-corrected chi connectivity index (χ1v) is 14.2. The van der Waals surface area contributed by atoms with E-state index in [4.69, 9.17) is 18.9 Å². The summed E-state index contributed by atoms with van der Waals surface area (Å²) in [6.07, 6.45) is 1.81. The summed E-state index contributed by atoms with van der Waals surface area (Å²) >= 11 is 0. The van der Waals surface area contributed by atoms with Gasteiger partial charge in [-0.25, -0.2) is 13.4 Å². The maximum absolute atomic E-state index is 11.9. The first kappa shape index (κ1) is 26.8. The lowest BCUT2D eigenvalue weighted by Crippen LogP contribution is -2.40. The van der Waals surface area contributed by atoms with E-state index in [9.17, 15) is 18.3 Å². The molecule has 0 bridgehead atoms. The number of rotatable bonds is 9. The van der Waals surface area contributed by atoms with Gasteiger partial charge in [0, 0.05) is 30.4 Å². The summed E-state index contributed by atoms with van der Waals surface area (Å²) in [6, 6.07) is 16.1. The highest BCUT2D eigenvalue weighted by Gasteiger charge is 2.31. The molecule has 1 unspecified atom stereocenters. The monoisotopic (exact) mass is 554 g/mol. The Morgan fingerprint density at radius 2 is 1.87 bits per heavy atom. The molecule has 11 heteroatoms. The largest absolute Gasteiger partial charge is 0.485 e. The number of amides is 1. The number of nitrogens with zero attached hydrogens (tertiary/aromatic N) is 1. The lowest BCUT2D eigenvalue weighted by molar-refractivity contribution is -0.119. The Kier molecular flexibility index (Phi) is 7.37. The third kappa shape index (κ3) is 6.79. The minimum Gasteiger partial charge on any atom is -0.485 e. The molecule has 0 spiro atoms. The van der Waals surface area contributed by atoms with Gasteiger partial charge in [-0.3, -0.25) is 9.52 Å². The molecule has 2 atom stereocenters. The van der Waals surface area contributed by atoms with Crippen molar-refractivity contribution >= 4 is 15.9 Å². The third-order valence-corrected chi connectivity index (χ3v) is 7.77. The molecule has 1 fully saturated rings. The van der Waals surface area contributed by atoms with Crippen molar-refractivity contribution in [2.75, 3.05) is 19.0 Å². The van der Waals surface area contributed by atoms with Crippen LogP contribution in [0.15, 0.2) is 60.8 Å². The Hall–Kier alpha value is -3.83. The quantitative estimate of drug-likeness (QED) is 0.404. The van der Waals surface area contributed by atoms with Crippen LogP contribution in [0.25, 0.3) is 0 Å². The van der Waals surface area contributed by atoms with E-state index >= 15 is 0 Å². The summed E-state index contributed by atoms with van der Waals surface area (Å²) < 4.78 is 49.5. The number of ether oxygens (including phenoxy) is 4. The topological polar surface area (TPSA) is 133 Å². The first-order valence-electron chi connectivity index (χ1n) is 12.6. The van der Waals surface area contributed by atoms with Crippen molar-refractivity contribution in [3.63, 3.8) is 0 Å². The second-order valence-corrected chi connectivity index (χ2v) is 12.0. The van der Waals surface area contributed by atoms with Crippen LogP contribution in [0.1, 0.15) is 49.8 Å². The van der Waals surface area contributed by atoms with Crippen molar-refractivity contribution < 1.29 is 37.3 Å². The van der Waals surface area contributed by atoms with Crippen LogP contribution in [0.4, 0.5) is 0 Å². The lowest BCUT2D eigenvalue weighted by atomic mass is 9.97. The van der Waals surface area contributed by atoms with Crippen molar-refractivity contribution in [2.24, 2.45) is 0 Å². The lowest BCUT2D eigenvalue weighted by Gasteiger charge is -2.22. The van der Waals surface area contributed by atoms with Crippen LogP contribution >= 0.6 is 0 Å². The molecule has 3 heterocycles. The normalized spacial score (nSPS) is 19.9. The molecule has 3 aromatic rings. The zero-order valence-corrected chi connectivity index (χ0v) is 22.4. The van der Waals surface area contributed by atoms with E-state index in [1.165, 1.54) is 0 Å². The van der Waals surface area contributed by atoms with E-state index in [0.29, 0.717) is 48.5 Å². The molecule has 2 aliphatic rings. The fourth-order valence-corrected chi connectivity index (χ4v) is 5.77. The van der Waals surface area contributed by atoms with Crippen molar-refractivity contribution in [1.82, 2.24) is 9.71 Å². The highest BCUT2D eigenvalue weighted by Crippen LogP contribution is 2.43. The SMILES string of the molecule is CC(C)(O)CCOc1ccc(Oc2cccc3c2OC[C@H]3Oc2ccc(C3CC(=O)NS(=O)(=O)C3)cc2)cn1. The summed E-state index contributed by atoms with van der Waals surface area (Å²) in [5, 5.41) is 9.79. The van der Waals surface area contributed by atoms with Crippen molar-refractivity contribution in [2.45, 2.75) is 44.3 Å². The smallest absolute Gasteiger partial charge is 0.235 e. The van der Waals surface area contributed by atoms with Gasteiger partial charge in [0.2, 0.25) is 21.8 Å². The van der Waals surface area contributed by atoms with E-state index in [2.05, 4.69) is 4.98 Å². The molecule has 206 valence electrons. The highest BCUT2D eigenvalue weighted by atomic mass is 32.2. The number of hydrogen-bond donors (Lipinski definition) is 2. The maximum Gasteiger partial charge on any atom is 0.235 e. The standard InChI is InChI=1S/C28H30N2O8S/c1-28(2,32)12-13-35-26-11-10-21(15-29-26)38-23-5-3-4-22-24(16-36-27(22)23)37-20-8-6-18(7-9-20)19-14-25(31)30-39(33,34)17-19/h3-11,15,19,24,32H,12-14,16-17H2,1-2H3,(H,30,31)/t19?,24-/m1/s1. The molecule has 2 N–H and O–H groups in total. The zero-order valence-electron chi connectivity index (χ0n) is 21.6. The Labute approximate surface area is 226 Å². The molecule has 1 saturated heterocycles. The molecular weight excluding hydrogens is 524 g/mol. The maximum atomic E-state index is 11.9. The number of pyridine rings is 1. The number of fused-ring (bicyclic) bond motifs is 1. The minimum absolute atomic E-state index is 0.124. The summed E-state index contributed by atoms with van der Waals surface area (Å²) in [5.41, 5.74) is 0.801. The molecule has 39 heavy (non-hydrogen) atoms. The molecule has 2 aliphatic heterocycles. The Morgan fingerprint density at radius 1 is 1.10 bits per heavy atom. The number of hydrogen-bond acceptors (Lipinski definition) is 9. The van der Waals surface area contributed by atoms with Gasteiger partial charge in [0.05, 0.1) is 24.2 Å². The van der Waals surface area contributed by atoms with Crippen LogP contribution in [0, 0.1) is 0 Å². The molecule has 5 rings (SSSR count).